The Morgan fingerprint density at radius 1 is 0.742 bits per heavy atom. The van der Waals surface area contributed by atoms with Gasteiger partial charge in [-0.25, -0.2) is 0 Å². The lowest BCUT2D eigenvalue weighted by Gasteiger charge is -2.19. The van der Waals surface area contributed by atoms with Crippen molar-refractivity contribution in [3.8, 4) is 0 Å². The Balaban J connectivity index is 1.73. The van der Waals surface area contributed by atoms with E-state index in [0.29, 0.717) is 6.42 Å². The standard InChI is InChI=1S/C29H52O2/c1-3-4-5-6-7-8-9-10-11-12-13-14-15-16-17-18-19-20-21-22-23-24-29-26-28(30)25-27(2)31-29/h23-25,29H,3-22,26H2,1-2H3. The predicted molar refractivity (Wildman–Crippen MR) is 135 cm³/mol. The summed E-state index contributed by atoms with van der Waals surface area (Å²) >= 11 is 0. The van der Waals surface area contributed by atoms with E-state index in [-0.39, 0.29) is 11.9 Å². The third kappa shape index (κ3) is 18.2. The quantitative estimate of drug-likeness (QED) is 0.133. The zero-order valence-corrected chi connectivity index (χ0v) is 21.0. The molecule has 1 unspecified atom stereocenters. The predicted octanol–water partition coefficient (Wildman–Crippen LogP) is 9.63. The molecule has 0 aromatic heterocycles. The Bertz CT molecular complexity index is 477. The second-order valence-corrected chi connectivity index (χ2v) is 9.66. The van der Waals surface area contributed by atoms with Gasteiger partial charge in [0.05, 0.1) is 12.2 Å². The summed E-state index contributed by atoms with van der Waals surface area (Å²) in [5.41, 5.74) is 0. The molecule has 0 amide bonds. The molecule has 1 rings (SSSR count). The molecule has 0 radical (unpaired) electrons. The molecule has 2 nitrogen and oxygen atoms in total. The van der Waals surface area contributed by atoms with Crippen LogP contribution >= 0.6 is 0 Å². The van der Waals surface area contributed by atoms with E-state index in [0.717, 1.165) is 12.2 Å². The van der Waals surface area contributed by atoms with Crippen LogP contribution in [0.15, 0.2) is 24.0 Å². The summed E-state index contributed by atoms with van der Waals surface area (Å²) in [6.45, 7) is 4.15. The van der Waals surface area contributed by atoms with Crippen molar-refractivity contribution in [2.24, 2.45) is 0 Å². The molecule has 2 heteroatoms. The molecule has 0 saturated carbocycles. The molecule has 0 bridgehead atoms. The summed E-state index contributed by atoms with van der Waals surface area (Å²) in [4.78, 5) is 11.5. The second kappa shape index (κ2) is 20.8. The molecule has 1 aliphatic heterocycles. The van der Waals surface area contributed by atoms with Gasteiger partial charge >= 0.3 is 0 Å². The largest absolute Gasteiger partial charge is 0.490 e. The first kappa shape index (κ1) is 28.0. The SMILES string of the molecule is CCCCCCCCCCCCCCCCCCCCCC=CC1CC(=O)C=C(C)O1. The molecular weight excluding hydrogens is 380 g/mol. The molecule has 0 saturated heterocycles. The van der Waals surface area contributed by atoms with Crippen molar-refractivity contribution >= 4 is 5.78 Å². The number of ketones is 1. The molecule has 1 atom stereocenters. The first-order chi connectivity index (χ1) is 15.2. The molecule has 0 aromatic rings. The number of ether oxygens (including phenoxy) is 1. The van der Waals surface area contributed by atoms with E-state index in [1.165, 1.54) is 122 Å². The van der Waals surface area contributed by atoms with Gasteiger partial charge in [0, 0.05) is 6.08 Å². The van der Waals surface area contributed by atoms with E-state index >= 15 is 0 Å². The van der Waals surface area contributed by atoms with E-state index in [1.807, 2.05) is 6.92 Å². The normalized spacial score (nSPS) is 16.6. The highest BCUT2D eigenvalue weighted by Gasteiger charge is 2.16. The van der Waals surface area contributed by atoms with Gasteiger partial charge < -0.3 is 4.74 Å². The van der Waals surface area contributed by atoms with E-state index in [4.69, 9.17) is 4.74 Å². The lowest BCUT2D eigenvalue weighted by Crippen LogP contribution is -2.18. The van der Waals surface area contributed by atoms with Gasteiger partial charge in [-0.1, -0.05) is 129 Å². The summed E-state index contributed by atoms with van der Waals surface area (Å²) in [6.07, 6.45) is 34.4. The van der Waals surface area contributed by atoms with Crippen molar-refractivity contribution < 1.29 is 9.53 Å². The van der Waals surface area contributed by atoms with Crippen LogP contribution < -0.4 is 0 Å². The van der Waals surface area contributed by atoms with Gasteiger partial charge in [-0.05, 0) is 25.8 Å². The van der Waals surface area contributed by atoms with Crippen LogP contribution in [0.4, 0.5) is 0 Å². The minimum atomic E-state index is -0.0437. The molecule has 1 heterocycles. The molecule has 0 spiro atoms. The number of rotatable bonds is 21. The topological polar surface area (TPSA) is 26.3 Å². The average molecular weight is 433 g/mol. The Morgan fingerprint density at radius 3 is 1.58 bits per heavy atom. The fourth-order valence-electron chi connectivity index (χ4n) is 4.49. The highest BCUT2D eigenvalue weighted by atomic mass is 16.5. The van der Waals surface area contributed by atoms with Gasteiger partial charge in [-0.2, -0.15) is 0 Å². The number of allylic oxidation sites excluding steroid dienone is 3. The second-order valence-electron chi connectivity index (χ2n) is 9.66. The van der Waals surface area contributed by atoms with Crippen LogP contribution in [-0.2, 0) is 9.53 Å². The van der Waals surface area contributed by atoms with Crippen LogP contribution in [0.5, 0.6) is 0 Å². The van der Waals surface area contributed by atoms with E-state index in [1.54, 1.807) is 6.08 Å². The first-order valence-corrected chi connectivity index (χ1v) is 13.8. The molecule has 31 heavy (non-hydrogen) atoms. The van der Waals surface area contributed by atoms with E-state index < -0.39 is 0 Å². The maximum absolute atomic E-state index is 11.5. The monoisotopic (exact) mass is 432 g/mol. The number of unbranched alkanes of at least 4 members (excludes halogenated alkanes) is 19. The van der Waals surface area contributed by atoms with Crippen molar-refractivity contribution in [2.45, 2.75) is 155 Å². The third-order valence-corrected chi connectivity index (χ3v) is 6.43. The van der Waals surface area contributed by atoms with Gasteiger partial charge in [-0.15, -0.1) is 0 Å². The molecule has 1 aliphatic rings. The van der Waals surface area contributed by atoms with Crippen LogP contribution in [0.3, 0.4) is 0 Å². The van der Waals surface area contributed by atoms with Gasteiger partial charge in [0.25, 0.3) is 0 Å². The van der Waals surface area contributed by atoms with Gasteiger partial charge in [0.2, 0.25) is 0 Å². The number of carbonyl (C=O) groups excluding carboxylic acids is 1. The van der Waals surface area contributed by atoms with Gasteiger partial charge in [0.1, 0.15) is 6.10 Å². The van der Waals surface area contributed by atoms with Crippen molar-refractivity contribution in [3.63, 3.8) is 0 Å². The van der Waals surface area contributed by atoms with Gasteiger partial charge in [0.15, 0.2) is 5.78 Å². The maximum atomic E-state index is 11.5. The van der Waals surface area contributed by atoms with Crippen molar-refractivity contribution in [1.82, 2.24) is 0 Å². The summed E-state index contributed by atoms with van der Waals surface area (Å²) in [6, 6.07) is 0. The van der Waals surface area contributed by atoms with Crippen molar-refractivity contribution in [2.75, 3.05) is 0 Å². The Labute approximate surface area is 194 Å². The van der Waals surface area contributed by atoms with E-state index in [2.05, 4.69) is 19.1 Å². The Morgan fingerprint density at radius 2 is 1.16 bits per heavy atom. The highest BCUT2D eigenvalue weighted by molar-refractivity contribution is 5.91. The summed E-state index contributed by atoms with van der Waals surface area (Å²) < 4.78 is 5.65. The smallest absolute Gasteiger partial charge is 0.163 e. The zero-order chi connectivity index (χ0) is 22.4. The van der Waals surface area contributed by atoms with Crippen molar-refractivity contribution in [1.29, 1.82) is 0 Å². The van der Waals surface area contributed by atoms with Crippen LogP contribution in [0.1, 0.15) is 149 Å². The van der Waals surface area contributed by atoms with E-state index in [9.17, 15) is 4.79 Å². The van der Waals surface area contributed by atoms with Gasteiger partial charge in [-0.3, -0.25) is 4.79 Å². The number of hydrogen-bond donors (Lipinski definition) is 0. The Kier molecular flexibility index (Phi) is 18.8. The van der Waals surface area contributed by atoms with Crippen molar-refractivity contribution in [3.05, 3.63) is 24.0 Å². The fourth-order valence-corrected chi connectivity index (χ4v) is 4.49. The summed E-state index contributed by atoms with van der Waals surface area (Å²) in [5, 5.41) is 0. The number of hydrogen-bond acceptors (Lipinski definition) is 2. The highest BCUT2D eigenvalue weighted by Crippen LogP contribution is 2.17. The number of carbonyl (C=O) groups is 1. The summed E-state index contributed by atoms with van der Waals surface area (Å²) in [5.74, 6) is 0.927. The molecular formula is C29H52O2. The lowest BCUT2D eigenvalue weighted by molar-refractivity contribution is -0.117. The third-order valence-electron chi connectivity index (χ3n) is 6.43. The molecule has 0 aromatic carbocycles. The minimum absolute atomic E-state index is 0.0437. The fraction of sp³-hybridized carbons (Fsp3) is 0.828. The zero-order valence-electron chi connectivity index (χ0n) is 21.0. The molecule has 0 N–H and O–H groups in total. The summed E-state index contributed by atoms with van der Waals surface area (Å²) in [7, 11) is 0. The maximum Gasteiger partial charge on any atom is 0.163 e. The molecule has 0 aliphatic carbocycles. The molecule has 180 valence electrons. The van der Waals surface area contributed by atoms with Crippen LogP contribution in [0.2, 0.25) is 0 Å². The average Bonchev–Trinajstić information content (AvgIpc) is 2.74. The van der Waals surface area contributed by atoms with Crippen LogP contribution in [-0.4, -0.2) is 11.9 Å². The lowest BCUT2D eigenvalue weighted by atomic mass is 10.0. The minimum Gasteiger partial charge on any atom is -0.490 e. The molecule has 0 fully saturated rings. The Hall–Kier alpha value is -1.05. The van der Waals surface area contributed by atoms with Crippen LogP contribution in [0.25, 0.3) is 0 Å². The van der Waals surface area contributed by atoms with Crippen LogP contribution in [0, 0.1) is 0 Å². The first-order valence-electron chi connectivity index (χ1n) is 13.8.